The van der Waals surface area contributed by atoms with E-state index in [-0.39, 0.29) is 24.0 Å². The van der Waals surface area contributed by atoms with Crippen LogP contribution >= 0.6 is 24.0 Å². The average molecular weight is 419 g/mol. The molecule has 0 aliphatic heterocycles. The smallest absolute Gasteiger partial charge is 0.191 e. The minimum absolute atomic E-state index is 0. The maximum absolute atomic E-state index is 4.65. The summed E-state index contributed by atoms with van der Waals surface area (Å²) in [6, 6.07) is 2.01. The molecule has 0 radical (unpaired) electrons. The second-order valence-electron chi connectivity index (χ2n) is 6.16. The summed E-state index contributed by atoms with van der Waals surface area (Å²) in [7, 11) is 1.95. The quantitative estimate of drug-likeness (QED) is 0.439. The third-order valence-electron chi connectivity index (χ3n) is 4.27. The highest BCUT2D eigenvalue weighted by atomic mass is 127. The number of aromatic nitrogens is 2. The Kier molecular flexibility index (Phi) is 8.82. The van der Waals surface area contributed by atoms with Gasteiger partial charge in [-0.2, -0.15) is 5.10 Å². The largest absolute Gasteiger partial charge is 0.357 e. The fourth-order valence-corrected chi connectivity index (χ4v) is 3.04. The van der Waals surface area contributed by atoms with Crippen molar-refractivity contribution in [3.05, 3.63) is 18.0 Å². The van der Waals surface area contributed by atoms with Crippen LogP contribution in [-0.2, 0) is 13.6 Å². The summed E-state index contributed by atoms with van der Waals surface area (Å²) in [5.74, 6) is 2.57. The summed E-state index contributed by atoms with van der Waals surface area (Å²) in [5.41, 5.74) is 1.12. The lowest BCUT2D eigenvalue weighted by Gasteiger charge is -2.27. The van der Waals surface area contributed by atoms with Gasteiger partial charge < -0.3 is 10.6 Å². The van der Waals surface area contributed by atoms with E-state index in [1.807, 2.05) is 24.0 Å². The number of halogens is 1. The lowest BCUT2D eigenvalue weighted by atomic mass is 9.82. The molecule has 6 heteroatoms. The molecule has 1 aliphatic rings. The standard InChI is InChI=1S/C16H29N5.HI/c1-4-17-16(19-12-15-8-9-20-21(15)3)18-11-14-7-5-6-13(2)10-14;/h8-9,13-14H,4-7,10-12H2,1-3H3,(H2,17,18,19);1H. The summed E-state index contributed by atoms with van der Waals surface area (Å²) in [6.07, 6.45) is 7.27. The molecule has 1 heterocycles. The summed E-state index contributed by atoms with van der Waals surface area (Å²) in [5, 5.41) is 11.0. The Hall–Kier alpha value is -0.790. The Labute approximate surface area is 151 Å². The van der Waals surface area contributed by atoms with Crippen LogP contribution in [0.4, 0.5) is 0 Å². The first kappa shape index (κ1) is 19.3. The molecule has 0 bridgehead atoms. The van der Waals surface area contributed by atoms with Gasteiger partial charge in [-0.1, -0.05) is 19.8 Å². The molecule has 5 nitrogen and oxygen atoms in total. The van der Waals surface area contributed by atoms with E-state index >= 15 is 0 Å². The fourth-order valence-electron chi connectivity index (χ4n) is 3.04. The van der Waals surface area contributed by atoms with Crippen LogP contribution in [0.5, 0.6) is 0 Å². The van der Waals surface area contributed by atoms with E-state index < -0.39 is 0 Å². The SMILES string of the molecule is CCNC(=NCc1ccnn1C)NCC1CCCC(C)C1.I. The van der Waals surface area contributed by atoms with E-state index in [4.69, 9.17) is 0 Å². The number of aliphatic imine (C=N–C) groups is 1. The van der Waals surface area contributed by atoms with E-state index in [0.29, 0.717) is 6.54 Å². The van der Waals surface area contributed by atoms with Gasteiger partial charge in [0.1, 0.15) is 0 Å². The molecule has 0 spiro atoms. The monoisotopic (exact) mass is 419 g/mol. The van der Waals surface area contributed by atoms with Crippen molar-refractivity contribution < 1.29 is 0 Å². The molecule has 1 aromatic heterocycles. The highest BCUT2D eigenvalue weighted by molar-refractivity contribution is 14.0. The van der Waals surface area contributed by atoms with Crippen LogP contribution in [0.3, 0.4) is 0 Å². The van der Waals surface area contributed by atoms with Crippen LogP contribution in [-0.4, -0.2) is 28.8 Å². The molecular weight excluding hydrogens is 389 g/mol. The third-order valence-corrected chi connectivity index (χ3v) is 4.27. The van der Waals surface area contributed by atoms with Crippen molar-refractivity contribution >= 4 is 29.9 Å². The zero-order valence-electron chi connectivity index (χ0n) is 14.0. The Balaban J connectivity index is 0.00000242. The zero-order chi connectivity index (χ0) is 15.1. The maximum Gasteiger partial charge on any atom is 0.191 e. The average Bonchev–Trinajstić information content (AvgIpc) is 2.87. The van der Waals surface area contributed by atoms with Gasteiger partial charge in [0.25, 0.3) is 0 Å². The van der Waals surface area contributed by atoms with E-state index in [1.54, 1.807) is 0 Å². The number of aryl methyl sites for hydroxylation is 1. The lowest BCUT2D eigenvalue weighted by Crippen LogP contribution is -2.40. The Bertz CT molecular complexity index is 457. The molecule has 0 amide bonds. The molecule has 2 atom stereocenters. The maximum atomic E-state index is 4.65. The van der Waals surface area contributed by atoms with Gasteiger partial charge in [-0.05, 0) is 37.7 Å². The number of rotatable bonds is 5. The minimum Gasteiger partial charge on any atom is -0.357 e. The van der Waals surface area contributed by atoms with Crippen LogP contribution < -0.4 is 10.6 Å². The van der Waals surface area contributed by atoms with E-state index in [9.17, 15) is 0 Å². The molecule has 0 saturated heterocycles. The van der Waals surface area contributed by atoms with Crippen molar-refractivity contribution in [2.24, 2.45) is 23.9 Å². The first-order chi connectivity index (χ1) is 10.2. The second kappa shape index (κ2) is 10.1. The van der Waals surface area contributed by atoms with Gasteiger partial charge in [0.2, 0.25) is 0 Å². The molecule has 22 heavy (non-hydrogen) atoms. The van der Waals surface area contributed by atoms with E-state index in [2.05, 4.69) is 34.6 Å². The number of hydrogen-bond donors (Lipinski definition) is 2. The summed E-state index contributed by atoms with van der Waals surface area (Å²) in [6.45, 7) is 7.05. The van der Waals surface area contributed by atoms with Crippen molar-refractivity contribution in [1.82, 2.24) is 20.4 Å². The third kappa shape index (κ3) is 6.14. The molecule has 1 aliphatic carbocycles. The molecule has 0 aromatic carbocycles. The molecule has 2 rings (SSSR count). The lowest BCUT2D eigenvalue weighted by molar-refractivity contribution is 0.282. The van der Waals surface area contributed by atoms with Gasteiger partial charge in [0, 0.05) is 26.3 Å². The molecule has 1 aromatic rings. The van der Waals surface area contributed by atoms with E-state index in [0.717, 1.165) is 36.6 Å². The van der Waals surface area contributed by atoms with Crippen LogP contribution in [0.2, 0.25) is 0 Å². The Morgan fingerprint density at radius 3 is 2.86 bits per heavy atom. The number of nitrogens with one attached hydrogen (secondary N) is 2. The van der Waals surface area contributed by atoms with Crippen LogP contribution in [0.25, 0.3) is 0 Å². The van der Waals surface area contributed by atoms with Crippen molar-refractivity contribution in [3.63, 3.8) is 0 Å². The van der Waals surface area contributed by atoms with Gasteiger partial charge in [0.05, 0.1) is 12.2 Å². The molecule has 126 valence electrons. The number of hydrogen-bond acceptors (Lipinski definition) is 2. The summed E-state index contributed by atoms with van der Waals surface area (Å²) >= 11 is 0. The highest BCUT2D eigenvalue weighted by Gasteiger charge is 2.18. The number of guanidine groups is 1. The first-order valence-electron chi connectivity index (χ1n) is 8.18. The van der Waals surface area contributed by atoms with E-state index in [1.165, 1.54) is 25.7 Å². The topological polar surface area (TPSA) is 54.2 Å². The molecule has 1 fully saturated rings. The van der Waals surface area contributed by atoms with Crippen LogP contribution in [0.15, 0.2) is 17.3 Å². The zero-order valence-corrected chi connectivity index (χ0v) is 16.3. The van der Waals surface area contributed by atoms with Crippen molar-refractivity contribution in [2.75, 3.05) is 13.1 Å². The van der Waals surface area contributed by atoms with Crippen LogP contribution in [0, 0.1) is 11.8 Å². The van der Waals surface area contributed by atoms with Crippen molar-refractivity contribution in [2.45, 2.75) is 46.1 Å². The summed E-state index contributed by atoms with van der Waals surface area (Å²) < 4.78 is 1.87. The Morgan fingerprint density at radius 2 is 2.23 bits per heavy atom. The predicted octanol–water partition coefficient (Wildman–Crippen LogP) is 2.92. The highest BCUT2D eigenvalue weighted by Crippen LogP contribution is 2.27. The second-order valence-corrected chi connectivity index (χ2v) is 6.16. The fraction of sp³-hybridized carbons (Fsp3) is 0.750. The first-order valence-corrected chi connectivity index (χ1v) is 8.18. The van der Waals surface area contributed by atoms with Gasteiger partial charge in [0.15, 0.2) is 5.96 Å². The molecule has 2 N–H and O–H groups in total. The molecule has 1 saturated carbocycles. The van der Waals surface area contributed by atoms with Gasteiger partial charge >= 0.3 is 0 Å². The summed E-state index contributed by atoms with van der Waals surface area (Å²) in [4.78, 5) is 4.65. The number of nitrogens with zero attached hydrogens (tertiary/aromatic N) is 3. The molecular formula is C16H30IN5. The van der Waals surface area contributed by atoms with Crippen molar-refractivity contribution in [3.8, 4) is 0 Å². The molecule has 2 unspecified atom stereocenters. The Morgan fingerprint density at radius 1 is 1.41 bits per heavy atom. The normalized spacial score (nSPS) is 22.0. The minimum atomic E-state index is 0. The van der Waals surface area contributed by atoms with Gasteiger partial charge in [-0.3, -0.25) is 4.68 Å². The predicted molar refractivity (Wildman–Crippen MR) is 103 cm³/mol. The van der Waals surface area contributed by atoms with Gasteiger partial charge in [-0.25, -0.2) is 4.99 Å². The van der Waals surface area contributed by atoms with Crippen molar-refractivity contribution in [1.29, 1.82) is 0 Å². The van der Waals surface area contributed by atoms with Gasteiger partial charge in [-0.15, -0.1) is 24.0 Å². The van der Waals surface area contributed by atoms with Crippen LogP contribution in [0.1, 0.15) is 45.2 Å².